The first kappa shape index (κ1) is 14.7. The molecule has 1 aromatic rings. The fourth-order valence-electron chi connectivity index (χ4n) is 2.57. The predicted octanol–water partition coefficient (Wildman–Crippen LogP) is 1.58. The zero-order chi connectivity index (χ0) is 14.5. The number of carbonyl (C=O) groups is 1. The number of carbonyl (C=O) groups excluding carboxylic acids is 1. The Kier molecular flexibility index (Phi) is 4.84. The predicted molar refractivity (Wildman–Crippen MR) is 79.7 cm³/mol. The van der Waals surface area contributed by atoms with Crippen molar-refractivity contribution in [1.82, 2.24) is 10.2 Å². The molecule has 110 valence electrons. The second kappa shape index (κ2) is 6.61. The number of rotatable bonds is 4. The fourth-order valence-corrected chi connectivity index (χ4v) is 2.57. The molecule has 1 fully saturated rings. The Morgan fingerprint density at radius 1 is 1.40 bits per heavy atom. The van der Waals surface area contributed by atoms with E-state index in [1.54, 1.807) is 12.1 Å². The van der Waals surface area contributed by atoms with Gasteiger partial charge in [0.2, 0.25) is 0 Å². The Bertz CT molecular complexity index is 470. The van der Waals surface area contributed by atoms with Crippen LogP contribution in [0.15, 0.2) is 18.2 Å². The molecule has 0 bridgehead atoms. The van der Waals surface area contributed by atoms with Crippen molar-refractivity contribution in [2.75, 3.05) is 25.4 Å². The number of nitrogen functional groups attached to an aromatic ring is 1. The van der Waals surface area contributed by atoms with Crippen molar-refractivity contribution in [2.24, 2.45) is 0 Å². The second-order valence-corrected chi connectivity index (χ2v) is 5.51. The van der Waals surface area contributed by atoms with Crippen molar-refractivity contribution < 1.29 is 9.90 Å². The Morgan fingerprint density at radius 2 is 2.10 bits per heavy atom. The SMILES string of the molecule is CC(CN1CCCCC1)NC(=O)c1ccc(N)c(O)c1. The lowest BCUT2D eigenvalue weighted by atomic mass is 10.1. The van der Waals surface area contributed by atoms with E-state index in [1.165, 1.54) is 25.3 Å². The minimum absolute atomic E-state index is 0.0543. The van der Waals surface area contributed by atoms with Gasteiger partial charge in [-0.3, -0.25) is 4.79 Å². The normalized spacial score (nSPS) is 17.6. The molecule has 0 aliphatic carbocycles. The maximum absolute atomic E-state index is 12.1. The molecule has 5 heteroatoms. The second-order valence-electron chi connectivity index (χ2n) is 5.51. The van der Waals surface area contributed by atoms with Gasteiger partial charge in [-0.25, -0.2) is 0 Å². The first-order valence-electron chi connectivity index (χ1n) is 7.18. The number of piperidine rings is 1. The van der Waals surface area contributed by atoms with Gasteiger partial charge in [-0.2, -0.15) is 0 Å². The first-order valence-corrected chi connectivity index (χ1v) is 7.18. The highest BCUT2D eigenvalue weighted by atomic mass is 16.3. The Labute approximate surface area is 119 Å². The van der Waals surface area contributed by atoms with Crippen molar-refractivity contribution in [2.45, 2.75) is 32.2 Å². The smallest absolute Gasteiger partial charge is 0.251 e. The van der Waals surface area contributed by atoms with Crippen LogP contribution >= 0.6 is 0 Å². The van der Waals surface area contributed by atoms with Crippen LogP contribution in [0.5, 0.6) is 5.75 Å². The zero-order valence-corrected chi connectivity index (χ0v) is 11.9. The summed E-state index contributed by atoms with van der Waals surface area (Å²) >= 11 is 0. The maximum Gasteiger partial charge on any atom is 0.251 e. The third-order valence-corrected chi connectivity index (χ3v) is 3.65. The lowest BCUT2D eigenvalue weighted by Gasteiger charge is -2.29. The number of aromatic hydroxyl groups is 1. The summed E-state index contributed by atoms with van der Waals surface area (Å²) in [7, 11) is 0. The van der Waals surface area contributed by atoms with Gasteiger partial charge < -0.3 is 21.1 Å². The van der Waals surface area contributed by atoms with E-state index in [-0.39, 0.29) is 23.4 Å². The molecule has 1 heterocycles. The number of nitrogens with two attached hydrogens (primary N) is 1. The average Bonchev–Trinajstić information content (AvgIpc) is 2.42. The van der Waals surface area contributed by atoms with E-state index in [0.29, 0.717) is 5.56 Å². The highest BCUT2D eigenvalue weighted by Crippen LogP contribution is 2.20. The fraction of sp³-hybridized carbons (Fsp3) is 0.533. The summed E-state index contributed by atoms with van der Waals surface area (Å²) in [4.78, 5) is 14.5. The molecular formula is C15H23N3O2. The third-order valence-electron chi connectivity index (χ3n) is 3.65. The summed E-state index contributed by atoms with van der Waals surface area (Å²) in [6.45, 7) is 5.10. The standard InChI is InChI=1S/C15H23N3O2/c1-11(10-18-7-3-2-4-8-18)17-15(20)12-5-6-13(16)14(19)9-12/h5-6,9,11,19H,2-4,7-8,10,16H2,1H3,(H,17,20). The number of hydrogen-bond donors (Lipinski definition) is 3. The van der Waals surface area contributed by atoms with Crippen molar-refractivity contribution >= 4 is 11.6 Å². The van der Waals surface area contributed by atoms with Gasteiger partial charge in [0.25, 0.3) is 5.91 Å². The van der Waals surface area contributed by atoms with Gasteiger partial charge in [0.05, 0.1) is 5.69 Å². The van der Waals surface area contributed by atoms with E-state index in [2.05, 4.69) is 10.2 Å². The molecular weight excluding hydrogens is 254 g/mol. The lowest BCUT2D eigenvalue weighted by molar-refractivity contribution is 0.0925. The van der Waals surface area contributed by atoms with Crippen LogP contribution in [0.4, 0.5) is 5.69 Å². The monoisotopic (exact) mass is 277 g/mol. The summed E-state index contributed by atoms with van der Waals surface area (Å²) < 4.78 is 0. The van der Waals surface area contributed by atoms with Crippen molar-refractivity contribution in [3.05, 3.63) is 23.8 Å². The molecule has 1 unspecified atom stereocenters. The van der Waals surface area contributed by atoms with Crippen LogP contribution in [0.25, 0.3) is 0 Å². The van der Waals surface area contributed by atoms with Gasteiger partial charge >= 0.3 is 0 Å². The molecule has 1 aliphatic rings. The van der Waals surface area contributed by atoms with Crippen LogP contribution < -0.4 is 11.1 Å². The topological polar surface area (TPSA) is 78.6 Å². The minimum atomic E-state index is -0.176. The number of amides is 1. The molecule has 1 saturated heterocycles. The van der Waals surface area contributed by atoms with E-state index < -0.39 is 0 Å². The number of phenolic OH excluding ortho intramolecular Hbond substituents is 1. The molecule has 4 N–H and O–H groups in total. The van der Waals surface area contributed by atoms with Crippen LogP contribution in [0.2, 0.25) is 0 Å². The van der Waals surface area contributed by atoms with Crippen LogP contribution in [0, 0.1) is 0 Å². The van der Waals surface area contributed by atoms with E-state index in [9.17, 15) is 9.90 Å². The largest absolute Gasteiger partial charge is 0.506 e. The molecule has 0 aromatic heterocycles. The quantitative estimate of drug-likeness (QED) is 0.577. The number of hydrogen-bond acceptors (Lipinski definition) is 4. The number of benzene rings is 1. The molecule has 0 spiro atoms. The summed E-state index contributed by atoms with van der Waals surface area (Å²) in [6, 6.07) is 4.65. The molecule has 1 aliphatic heterocycles. The molecule has 1 aromatic carbocycles. The Balaban J connectivity index is 1.87. The van der Waals surface area contributed by atoms with Crippen LogP contribution in [0.1, 0.15) is 36.5 Å². The minimum Gasteiger partial charge on any atom is -0.506 e. The highest BCUT2D eigenvalue weighted by molar-refractivity contribution is 5.95. The Hall–Kier alpha value is -1.75. The van der Waals surface area contributed by atoms with Crippen molar-refractivity contribution in [1.29, 1.82) is 0 Å². The Morgan fingerprint density at radius 3 is 2.75 bits per heavy atom. The third kappa shape index (κ3) is 3.87. The van der Waals surface area contributed by atoms with Crippen LogP contribution in [0.3, 0.4) is 0 Å². The maximum atomic E-state index is 12.1. The summed E-state index contributed by atoms with van der Waals surface area (Å²) in [5, 5.41) is 12.5. The number of phenols is 1. The molecule has 2 rings (SSSR count). The molecule has 1 amide bonds. The molecule has 1 atom stereocenters. The van der Waals surface area contributed by atoms with Gasteiger partial charge in [-0.05, 0) is 51.1 Å². The molecule has 20 heavy (non-hydrogen) atoms. The van der Waals surface area contributed by atoms with Gasteiger partial charge in [0.15, 0.2) is 0 Å². The van der Waals surface area contributed by atoms with Gasteiger partial charge in [0.1, 0.15) is 5.75 Å². The molecule has 0 saturated carbocycles. The van der Waals surface area contributed by atoms with Crippen LogP contribution in [-0.2, 0) is 0 Å². The summed E-state index contributed by atoms with van der Waals surface area (Å²) in [5.41, 5.74) is 6.24. The summed E-state index contributed by atoms with van der Waals surface area (Å²) in [5.74, 6) is -0.230. The number of nitrogens with one attached hydrogen (secondary N) is 1. The zero-order valence-electron chi connectivity index (χ0n) is 11.9. The molecule has 0 radical (unpaired) electrons. The van der Waals surface area contributed by atoms with Gasteiger partial charge in [-0.15, -0.1) is 0 Å². The average molecular weight is 277 g/mol. The summed E-state index contributed by atoms with van der Waals surface area (Å²) in [6.07, 6.45) is 3.79. The number of anilines is 1. The number of nitrogens with zero attached hydrogens (tertiary/aromatic N) is 1. The van der Waals surface area contributed by atoms with Gasteiger partial charge in [-0.1, -0.05) is 6.42 Å². The van der Waals surface area contributed by atoms with Gasteiger partial charge in [0, 0.05) is 18.2 Å². The van der Waals surface area contributed by atoms with Crippen LogP contribution in [-0.4, -0.2) is 41.6 Å². The van der Waals surface area contributed by atoms with Crippen molar-refractivity contribution in [3.8, 4) is 5.75 Å². The first-order chi connectivity index (χ1) is 9.56. The lowest BCUT2D eigenvalue weighted by Crippen LogP contribution is -2.43. The van der Waals surface area contributed by atoms with E-state index in [0.717, 1.165) is 19.6 Å². The van der Waals surface area contributed by atoms with E-state index >= 15 is 0 Å². The molecule has 5 nitrogen and oxygen atoms in total. The van der Waals surface area contributed by atoms with E-state index in [1.807, 2.05) is 6.92 Å². The highest BCUT2D eigenvalue weighted by Gasteiger charge is 2.16. The number of likely N-dealkylation sites (tertiary alicyclic amines) is 1. The van der Waals surface area contributed by atoms with E-state index in [4.69, 9.17) is 5.73 Å². The van der Waals surface area contributed by atoms with Crippen molar-refractivity contribution in [3.63, 3.8) is 0 Å².